The van der Waals surface area contributed by atoms with Gasteiger partial charge in [-0.15, -0.1) is 0 Å². The van der Waals surface area contributed by atoms with Gasteiger partial charge in [0.25, 0.3) is 0 Å². The van der Waals surface area contributed by atoms with Gasteiger partial charge in [-0.05, 0) is 24.3 Å². The molecule has 0 aromatic heterocycles. The van der Waals surface area contributed by atoms with Gasteiger partial charge in [0.2, 0.25) is 0 Å². The highest BCUT2D eigenvalue weighted by molar-refractivity contribution is 5.81. The highest BCUT2D eigenvalue weighted by Crippen LogP contribution is 2.51. The minimum Gasteiger partial charge on any atom is -0.480 e. The molecular formula is C13H15NO2. The second-order valence-corrected chi connectivity index (χ2v) is 4.98. The lowest BCUT2D eigenvalue weighted by Gasteiger charge is -2.38. The van der Waals surface area contributed by atoms with Gasteiger partial charge in [-0.2, -0.15) is 0 Å². The van der Waals surface area contributed by atoms with Crippen molar-refractivity contribution < 1.29 is 9.90 Å². The summed E-state index contributed by atoms with van der Waals surface area (Å²) in [6.07, 6.45) is 1.68. The third-order valence-electron chi connectivity index (χ3n) is 3.95. The molecule has 2 saturated heterocycles. The second-order valence-electron chi connectivity index (χ2n) is 4.98. The molecular weight excluding hydrogens is 202 g/mol. The molecule has 84 valence electrons. The quantitative estimate of drug-likeness (QED) is 0.838. The summed E-state index contributed by atoms with van der Waals surface area (Å²) < 4.78 is 0. The van der Waals surface area contributed by atoms with Gasteiger partial charge in [-0.25, -0.2) is 0 Å². The van der Waals surface area contributed by atoms with E-state index >= 15 is 0 Å². The lowest BCUT2D eigenvalue weighted by atomic mass is 9.73. The van der Waals surface area contributed by atoms with Crippen LogP contribution in [0.5, 0.6) is 0 Å². The molecule has 0 atom stereocenters. The van der Waals surface area contributed by atoms with Crippen LogP contribution in [0.4, 0.5) is 0 Å². The van der Waals surface area contributed by atoms with E-state index < -0.39 is 11.5 Å². The van der Waals surface area contributed by atoms with Gasteiger partial charge in [0, 0.05) is 13.1 Å². The fraction of sp³-hybridized carbons (Fsp3) is 0.462. The topological polar surface area (TPSA) is 40.5 Å². The van der Waals surface area contributed by atoms with E-state index in [1.54, 1.807) is 0 Å². The van der Waals surface area contributed by atoms with Crippen LogP contribution in [0.3, 0.4) is 0 Å². The Morgan fingerprint density at radius 2 is 2.06 bits per heavy atom. The monoisotopic (exact) mass is 217 g/mol. The maximum absolute atomic E-state index is 11.3. The van der Waals surface area contributed by atoms with Gasteiger partial charge in [-0.3, -0.25) is 9.69 Å². The van der Waals surface area contributed by atoms with E-state index in [-0.39, 0.29) is 0 Å². The molecule has 2 aliphatic heterocycles. The second kappa shape index (κ2) is 3.32. The summed E-state index contributed by atoms with van der Waals surface area (Å²) in [5.41, 5.74) is 0.663. The van der Waals surface area contributed by atoms with Crippen LogP contribution in [0.1, 0.15) is 18.4 Å². The molecule has 16 heavy (non-hydrogen) atoms. The van der Waals surface area contributed by atoms with Gasteiger partial charge < -0.3 is 5.11 Å². The number of hydrogen-bond acceptors (Lipinski definition) is 2. The molecule has 1 aromatic rings. The number of aliphatic carboxylic acids is 1. The van der Waals surface area contributed by atoms with Crippen molar-refractivity contribution in [2.24, 2.45) is 5.92 Å². The highest BCUT2D eigenvalue weighted by atomic mass is 16.4. The van der Waals surface area contributed by atoms with Crippen molar-refractivity contribution in [1.82, 2.24) is 4.90 Å². The molecule has 2 heterocycles. The maximum atomic E-state index is 11.3. The summed E-state index contributed by atoms with van der Waals surface area (Å²) in [6, 6.07) is 10.1. The van der Waals surface area contributed by atoms with Gasteiger partial charge >= 0.3 is 5.97 Å². The van der Waals surface area contributed by atoms with Crippen molar-refractivity contribution in [2.45, 2.75) is 24.9 Å². The van der Waals surface area contributed by atoms with Crippen LogP contribution in [0.25, 0.3) is 0 Å². The zero-order chi connectivity index (χ0) is 11.2. The number of rotatable bonds is 3. The average Bonchev–Trinajstić information content (AvgIpc) is 2.73. The zero-order valence-electron chi connectivity index (χ0n) is 9.10. The summed E-state index contributed by atoms with van der Waals surface area (Å²) >= 11 is 0. The molecule has 0 amide bonds. The van der Waals surface area contributed by atoms with Crippen molar-refractivity contribution in [2.75, 3.05) is 6.54 Å². The first-order valence-corrected chi connectivity index (χ1v) is 5.73. The van der Waals surface area contributed by atoms with Crippen molar-refractivity contribution in [3.63, 3.8) is 0 Å². The van der Waals surface area contributed by atoms with Crippen molar-refractivity contribution in [1.29, 1.82) is 0 Å². The fourth-order valence-corrected chi connectivity index (χ4v) is 3.10. The molecule has 3 nitrogen and oxygen atoms in total. The Morgan fingerprint density at radius 1 is 1.38 bits per heavy atom. The molecule has 1 aromatic carbocycles. The number of fused-ring (bicyclic) bond motifs is 1. The Morgan fingerprint density at radius 3 is 2.69 bits per heavy atom. The normalized spacial score (nSPS) is 32.4. The van der Waals surface area contributed by atoms with Crippen LogP contribution in [0.15, 0.2) is 30.3 Å². The molecule has 3 aliphatic rings. The molecule has 2 bridgehead atoms. The summed E-state index contributed by atoms with van der Waals surface area (Å²) in [7, 11) is 0. The van der Waals surface area contributed by atoms with Gasteiger partial charge in [0.15, 0.2) is 0 Å². The summed E-state index contributed by atoms with van der Waals surface area (Å²) in [5, 5.41) is 9.32. The Labute approximate surface area is 94.7 Å². The largest absolute Gasteiger partial charge is 0.480 e. The lowest BCUT2D eigenvalue weighted by Crippen LogP contribution is -2.52. The van der Waals surface area contributed by atoms with E-state index in [1.807, 2.05) is 18.2 Å². The van der Waals surface area contributed by atoms with Crippen LogP contribution < -0.4 is 0 Å². The Hall–Kier alpha value is -1.35. The third-order valence-corrected chi connectivity index (χ3v) is 3.95. The first-order chi connectivity index (χ1) is 7.71. The van der Waals surface area contributed by atoms with E-state index in [0.717, 1.165) is 25.9 Å². The van der Waals surface area contributed by atoms with Crippen molar-refractivity contribution in [3.8, 4) is 0 Å². The molecule has 0 unspecified atom stereocenters. The summed E-state index contributed by atoms with van der Waals surface area (Å²) in [4.78, 5) is 13.5. The molecule has 0 spiro atoms. The highest BCUT2D eigenvalue weighted by Gasteiger charge is 2.60. The smallest absolute Gasteiger partial charge is 0.324 e. The van der Waals surface area contributed by atoms with Gasteiger partial charge in [0.05, 0.1) is 0 Å². The molecule has 3 fully saturated rings. The van der Waals surface area contributed by atoms with E-state index in [0.29, 0.717) is 5.92 Å². The van der Waals surface area contributed by atoms with Crippen LogP contribution >= 0.6 is 0 Å². The maximum Gasteiger partial charge on any atom is 0.324 e. The molecule has 4 rings (SSSR count). The van der Waals surface area contributed by atoms with E-state index in [9.17, 15) is 9.90 Å². The standard InChI is InChI=1S/C13H15NO2/c15-12(16)13-6-11(7-13)9-14(13)8-10-4-2-1-3-5-10/h1-5,11H,6-9H2,(H,15,16). The third kappa shape index (κ3) is 1.28. The predicted molar refractivity (Wildman–Crippen MR) is 59.9 cm³/mol. The van der Waals surface area contributed by atoms with Crippen LogP contribution in [0, 0.1) is 5.92 Å². The number of carboxylic acids is 1. The molecule has 1 aliphatic carbocycles. The number of benzene rings is 1. The molecule has 3 heteroatoms. The lowest BCUT2D eigenvalue weighted by molar-refractivity contribution is -0.152. The van der Waals surface area contributed by atoms with E-state index in [1.165, 1.54) is 5.56 Å². The average molecular weight is 217 g/mol. The molecule has 1 N–H and O–H groups in total. The van der Waals surface area contributed by atoms with E-state index in [2.05, 4.69) is 17.0 Å². The first-order valence-electron chi connectivity index (χ1n) is 5.73. The first kappa shape index (κ1) is 9.85. The molecule has 1 saturated carbocycles. The number of carbonyl (C=O) groups is 1. The minimum atomic E-state index is -0.641. The van der Waals surface area contributed by atoms with Crippen LogP contribution in [0.2, 0.25) is 0 Å². The van der Waals surface area contributed by atoms with E-state index in [4.69, 9.17) is 0 Å². The number of hydrogen-bond donors (Lipinski definition) is 1. The number of nitrogens with zero attached hydrogens (tertiary/aromatic N) is 1. The Kier molecular flexibility index (Phi) is 2.04. The van der Waals surface area contributed by atoms with Crippen LogP contribution in [-0.4, -0.2) is 28.1 Å². The fourth-order valence-electron chi connectivity index (χ4n) is 3.10. The SMILES string of the molecule is O=C(O)C12CC(CN1Cc1ccccc1)C2. The van der Waals surface area contributed by atoms with Crippen molar-refractivity contribution >= 4 is 5.97 Å². The zero-order valence-corrected chi connectivity index (χ0v) is 9.10. The Bertz CT molecular complexity index is 409. The minimum absolute atomic E-state index is 0.541. The van der Waals surface area contributed by atoms with Crippen LogP contribution in [-0.2, 0) is 11.3 Å². The van der Waals surface area contributed by atoms with Gasteiger partial charge in [-0.1, -0.05) is 30.3 Å². The van der Waals surface area contributed by atoms with Crippen molar-refractivity contribution in [3.05, 3.63) is 35.9 Å². The Balaban J connectivity index is 1.79. The summed E-state index contributed by atoms with van der Waals surface area (Å²) in [5.74, 6) is -0.0306. The number of carboxylic acid groups (broad SMARTS) is 1. The van der Waals surface area contributed by atoms with Gasteiger partial charge in [0.1, 0.15) is 5.54 Å². The summed E-state index contributed by atoms with van der Waals surface area (Å²) in [6.45, 7) is 1.71. The molecule has 0 radical (unpaired) electrons. The predicted octanol–water partition coefficient (Wildman–Crippen LogP) is 1.74.